The summed E-state index contributed by atoms with van der Waals surface area (Å²) in [5, 5.41) is 1.44. The monoisotopic (exact) mass is 275 g/mol. The Morgan fingerprint density at radius 3 is 2.68 bits per heavy atom. The molecule has 0 unspecified atom stereocenters. The molecule has 19 heavy (non-hydrogen) atoms. The van der Waals surface area contributed by atoms with Crippen LogP contribution in [0.3, 0.4) is 0 Å². The van der Waals surface area contributed by atoms with E-state index in [-0.39, 0.29) is 12.4 Å². The fourth-order valence-corrected chi connectivity index (χ4v) is 2.26. The van der Waals surface area contributed by atoms with Crippen LogP contribution >= 0.6 is 11.6 Å². The minimum absolute atomic E-state index is 0.179. The molecule has 0 saturated carbocycles. The Bertz CT molecular complexity index is 751. The maximum Gasteiger partial charge on any atom is 0.153 e. The first-order valence-corrected chi connectivity index (χ1v) is 6.24. The van der Waals surface area contributed by atoms with Gasteiger partial charge in [-0.1, -0.05) is 35.9 Å². The topological polar surface area (TPSA) is 39.2 Å². The summed E-state index contributed by atoms with van der Waals surface area (Å²) in [6, 6.07) is 12.2. The van der Waals surface area contributed by atoms with Gasteiger partial charge in [0.1, 0.15) is 11.6 Å². The summed E-state index contributed by atoms with van der Waals surface area (Å²) in [6.07, 6.45) is 0. The molecular weight excluding hydrogens is 265 g/mol. The van der Waals surface area contributed by atoms with Gasteiger partial charge in [-0.15, -0.1) is 0 Å². The molecule has 3 rings (SSSR count). The Balaban J connectivity index is 2.14. The van der Waals surface area contributed by atoms with Crippen LogP contribution in [0, 0.1) is 5.82 Å². The predicted molar refractivity (Wildman–Crippen MR) is 74.5 cm³/mol. The average Bonchev–Trinajstić information content (AvgIpc) is 2.84. The number of hydrogen-bond acceptors (Lipinski definition) is 2. The number of halogens is 2. The molecule has 2 aromatic carbocycles. The molecule has 0 aliphatic rings. The number of hydrogen-bond donors (Lipinski definition) is 1. The standard InChI is InChI=1S/C15H11ClFNO/c16-12-3-1-2-10-7-14(19-15(10)12)9-4-5-11(8-18)13(17)6-9/h1-7H,8,18H2. The number of rotatable bonds is 2. The fourth-order valence-electron chi connectivity index (χ4n) is 2.04. The summed E-state index contributed by atoms with van der Waals surface area (Å²) >= 11 is 6.05. The van der Waals surface area contributed by atoms with Crippen molar-refractivity contribution in [1.29, 1.82) is 0 Å². The van der Waals surface area contributed by atoms with Crippen molar-refractivity contribution in [3.8, 4) is 11.3 Å². The van der Waals surface area contributed by atoms with Gasteiger partial charge in [-0.2, -0.15) is 0 Å². The zero-order valence-electron chi connectivity index (χ0n) is 9.99. The maximum absolute atomic E-state index is 13.7. The van der Waals surface area contributed by atoms with E-state index in [1.807, 2.05) is 18.2 Å². The SMILES string of the molecule is NCc1ccc(-c2cc3cccc(Cl)c3o2)cc1F. The molecule has 0 spiro atoms. The molecule has 3 aromatic rings. The van der Waals surface area contributed by atoms with Crippen LogP contribution in [0.2, 0.25) is 5.02 Å². The minimum atomic E-state index is -0.327. The third-order valence-electron chi connectivity index (χ3n) is 3.05. The van der Waals surface area contributed by atoms with E-state index in [0.29, 0.717) is 27.5 Å². The summed E-state index contributed by atoms with van der Waals surface area (Å²) in [4.78, 5) is 0. The molecular formula is C15H11ClFNO. The lowest BCUT2D eigenvalue weighted by Gasteiger charge is -2.01. The van der Waals surface area contributed by atoms with Gasteiger partial charge >= 0.3 is 0 Å². The van der Waals surface area contributed by atoms with Crippen LogP contribution in [0.15, 0.2) is 46.9 Å². The van der Waals surface area contributed by atoms with Gasteiger partial charge in [0, 0.05) is 23.1 Å². The molecule has 0 radical (unpaired) electrons. The number of furan rings is 1. The van der Waals surface area contributed by atoms with Gasteiger partial charge < -0.3 is 10.2 Å². The van der Waals surface area contributed by atoms with Crippen LogP contribution in [0.1, 0.15) is 5.56 Å². The lowest BCUT2D eigenvalue weighted by atomic mass is 10.1. The Morgan fingerprint density at radius 1 is 1.16 bits per heavy atom. The van der Waals surface area contributed by atoms with E-state index < -0.39 is 0 Å². The van der Waals surface area contributed by atoms with E-state index in [9.17, 15) is 4.39 Å². The molecule has 0 aliphatic carbocycles. The van der Waals surface area contributed by atoms with Crippen molar-refractivity contribution in [2.24, 2.45) is 5.73 Å². The fraction of sp³-hybridized carbons (Fsp3) is 0.0667. The van der Waals surface area contributed by atoms with Crippen molar-refractivity contribution in [3.05, 3.63) is 58.9 Å². The Kier molecular flexibility index (Phi) is 3.01. The summed E-state index contributed by atoms with van der Waals surface area (Å²) in [6.45, 7) is 0.179. The molecule has 1 aromatic heterocycles. The second-order valence-electron chi connectivity index (χ2n) is 4.28. The van der Waals surface area contributed by atoms with Crippen LogP contribution in [-0.4, -0.2) is 0 Å². The van der Waals surface area contributed by atoms with Crippen molar-refractivity contribution in [2.75, 3.05) is 0 Å². The van der Waals surface area contributed by atoms with Gasteiger partial charge in [-0.3, -0.25) is 0 Å². The second-order valence-corrected chi connectivity index (χ2v) is 4.69. The first-order valence-electron chi connectivity index (χ1n) is 5.86. The lowest BCUT2D eigenvalue weighted by molar-refractivity contribution is 0.606. The van der Waals surface area contributed by atoms with E-state index in [2.05, 4.69) is 0 Å². The van der Waals surface area contributed by atoms with Gasteiger partial charge in [-0.05, 0) is 18.2 Å². The average molecular weight is 276 g/mol. The maximum atomic E-state index is 13.7. The van der Waals surface area contributed by atoms with Gasteiger partial charge in [0.25, 0.3) is 0 Å². The molecule has 96 valence electrons. The van der Waals surface area contributed by atoms with Gasteiger partial charge in [-0.25, -0.2) is 4.39 Å². The quantitative estimate of drug-likeness (QED) is 0.755. The highest BCUT2D eigenvalue weighted by Gasteiger charge is 2.10. The summed E-state index contributed by atoms with van der Waals surface area (Å²) in [5.41, 5.74) is 7.21. The highest BCUT2D eigenvalue weighted by molar-refractivity contribution is 6.34. The highest BCUT2D eigenvalue weighted by Crippen LogP contribution is 2.32. The molecule has 0 amide bonds. The van der Waals surface area contributed by atoms with E-state index in [1.165, 1.54) is 6.07 Å². The highest BCUT2D eigenvalue weighted by atomic mass is 35.5. The zero-order chi connectivity index (χ0) is 13.4. The Labute approximate surface area is 114 Å². The number of para-hydroxylation sites is 1. The summed E-state index contributed by atoms with van der Waals surface area (Å²) < 4.78 is 19.4. The van der Waals surface area contributed by atoms with E-state index in [0.717, 1.165) is 5.39 Å². The normalized spacial score (nSPS) is 11.1. The zero-order valence-corrected chi connectivity index (χ0v) is 10.7. The molecule has 2 N–H and O–H groups in total. The molecule has 0 saturated heterocycles. The lowest BCUT2D eigenvalue weighted by Crippen LogP contribution is -1.99. The Hall–Kier alpha value is -1.84. The van der Waals surface area contributed by atoms with Crippen molar-refractivity contribution < 1.29 is 8.81 Å². The van der Waals surface area contributed by atoms with Gasteiger partial charge in [0.15, 0.2) is 5.58 Å². The molecule has 1 heterocycles. The largest absolute Gasteiger partial charge is 0.455 e. The van der Waals surface area contributed by atoms with Gasteiger partial charge in [0.05, 0.1) is 5.02 Å². The van der Waals surface area contributed by atoms with E-state index in [1.54, 1.807) is 18.2 Å². The summed E-state index contributed by atoms with van der Waals surface area (Å²) in [7, 11) is 0. The third-order valence-corrected chi connectivity index (χ3v) is 3.35. The van der Waals surface area contributed by atoms with Crippen LogP contribution < -0.4 is 5.73 Å². The number of benzene rings is 2. The molecule has 4 heteroatoms. The first-order chi connectivity index (χ1) is 9.19. The number of fused-ring (bicyclic) bond motifs is 1. The molecule has 0 bridgehead atoms. The van der Waals surface area contributed by atoms with Crippen LogP contribution in [0.5, 0.6) is 0 Å². The van der Waals surface area contributed by atoms with Crippen LogP contribution in [-0.2, 0) is 6.54 Å². The third kappa shape index (κ3) is 2.11. The van der Waals surface area contributed by atoms with Crippen molar-refractivity contribution in [3.63, 3.8) is 0 Å². The van der Waals surface area contributed by atoms with Crippen LogP contribution in [0.25, 0.3) is 22.3 Å². The number of nitrogens with two attached hydrogens (primary N) is 1. The smallest absolute Gasteiger partial charge is 0.153 e. The summed E-state index contributed by atoms with van der Waals surface area (Å²) in [5.74, 6) is 0.261. The van der Waals surface area contributed by atoms with E-state index >= 15 is 0 Å². The molecule has 0 atom stereocenters. The van der Waals surface area contributed by atoms with Crippen LogP contribution in [0.4, 0.5) is 4.39 Å². The van der Waals surface area contributed by atoms with Crippen molar-refractivity contribution >= 4 is 22.6 Å². The van der Waals surface area contributed by atoms with Crippen molar-refractivity contribution in [2.45, 2.75) is 6.54 Å². The predicted octanol–water partition coefficient (Wildman–Crippen LogP) is 4.35. The Morgan fingerprint density at radius 2 is 2.00 bits per heavy atom. The first kappa shape index (κ1) is 12.2. The minimum Gasteiger partial charge on any atom is -0.455 e. The molecule has 0 fully saturated rings. The van der Waals surface area contributed by atoms with Crippen molar-refractivity contribution in [1.82, 2.24) is 0 Å². The van der Waals surface area contributed by atoms with Gasteiger partial charge in [0.2, 0.25) is 0 Å². The molecule has 0 aliphatic heterocycles. The van der Waals surface area contributed by atoms with E-state index in [4.69, 9.17) is 21.8 Å². The second kappa shape index (κ2) is 4.68. The molecule has 2 nitrogen and oxygen atoms in total.